The van der Waals surface area contributed by atoms with E-state index in [9.17, 15) is 4.79 Å². The molecule has 0 bridgehead atoms. The summed E-state index contributed by atoms with van der Waals surface area (Å²) in [5.41, 5.74) is 4.29. The topological polar surface area (TPSA) is 23.6 Å². The van der Waals surface area contributed by atoms with E-state index in [-0.39, 0.29) is 11.9 Å². The summed E-state index contributed by atoms with van der Waals surface area (Å²) in [7, 11) is 0. The molecule has 3 rings (SSSR count). The number of piperidine rings is 1. The fraction of sp³-hybridized carbons (Fsp3) is 0.435. The van der Waals surface area contributed by atoms with Gasteiger partial charge in [0.2, 0.25) is 5.91 Å². The summed E-state index contributed by atoms with van der Waals surface area (Å²) in [6.45, 7) is 8.33. The Balaban J connectivity index is 1.96. The molecule has 26 heavy (non-hydrogen) atoms. The molecular weight excluding hydrogens is 320 g/mol. The highest BCUT2D eigenvalue weighted by molar-refractivity contribution is 6.03. The van der Waals surface area contributed by atoms with Crippen molar-refractivity contribution >= 4 is 17.3 Å². The molecule has 0 aliphatic carbocycles. The quantitative estimate of drug-likeness (QED) is 0.737. The maximum Gasteiger partial charge on any atom is 0.248 e. The smallest absolute Gasteiger partial charge is 0.248 e. The van der Waals surface area contributed by atoms with Crippen molar-refractivity contribution in [1.82, 2.24) is 4.90 Å². The van der Waals surface area contributed by atoms with Crippen LogP contribution in [0.4, 0.5) is 11.4 Å². The summed E-state index contributed by atoms with van der Waals surface area (Å²) in [5, 5.41) is 0. The van der Waals surface area contributed by atoms with Crippen LogP contribution >= 0.6 is 0 Å². The van der Waals surface area contributed by atoms with Crippen LogP contribution in [0.25, 0.3) is 0 Å². The fourth-order valence-electron chi connectivity index (χ4n) is 3.76. The van der Waals surface area contributed by atoms with Gasteiger partial charge in [-0.05, 0) is 70.5 Å². The first-order valence-corrected chi connectivity index (χ1v) is 9.81. The van der Waals surface area contributed by atoms with Gasteiger partial charge >= 0.3 is 0 Å². The number of hydrogen-bond acceptors (Lipinski definition) is 2. The number of benzene rings is 2. The Morgan fingerprint density at radius 3 is 1.77 bits per heavy atom. The third kappa shape index (κ3) is 4.16. The SMILES string of the molecule is CCC(C(=O)N(c1ccc(C)cc1)c1ccc(C)cc1)N1CCCCC1. The van der Waals surface area contributed by atoms with Crippen LogP contribution in [0.1, 0.15) is 43.7 Å². The number of nitrogens with zero attached hydrogens (tertiary/aromatic N) is 2. The van der Waals surface area contributed by atoms with Gasteiger partial charge in [0.15, 0.2) is 0 Å². The predicted octanol–water partition coefficient (Wildman–Crippen LogP) is 5.23. The second-order valence-corrected chi connectivity index (χ2v) is 7.37. The average Bonchev–Trinajstić information content (AvgIpc) is 2.66. The molecule has 2 aromatic rings. The van der Waals surface area contributed by atoms with Crippen LogP contribution in [0.3, 0.4) is 0 Å². The van der Waals surface area contributed by atoms with Gasteiger partial charge in [-0.1, -0.05) is 48.7 Å². The molecule has 138 valence electrons. The van der Waals surface area contributed by atoms with Crippen LogP contribution < -0.4 is 4.90 Å². The van der Waals surface area contributed by atoms with Gasteiger partial charge in [0, 0.05) is 11.4 Å². The Bertz CT molecular complexity index is 669. The summed E-state index contributed by atoms with van der Waals surface area (Å²) in [4.78, 5) is 17.9. The highest BCUT2D eigenvalue weighted by Crippen LogP contribution is 2.29. The van der Waals surface area contributed by atoms with Gasteiger partial charge in [0.1, 0.15) is 0 Å². The zero-order chi connectivity index (χ0) is 18.5. The lowest BCUT2D eigenvalue weighted by atomic mass is 10.0. The van der Waals surface area contributed by atoms with E-state index in [1.807, 2.05) is 4.90 Å². The molecule has 0 radical (unpaired) electrons. The largest absolute Gasteiger partial charge is 0.292 e. The Morgan fingerprint density at radius 1 is 0.885 bits per heavy atom. The van der Waals surface area contributed by atoms with E-state index >= 15 is 0 Å². The van der Waals surface area contributed by atoms with Crippen molar-refractivity contribution in [3.8, 4) is 0 Å². The molecule has 1 amide bonds. The molecule has 1 heterocycles. The lowest BCUT2D eigenvalue weighted by molar-refractivity contribution is -0.123. The van der Waals surface area contributed by atoms with Crippen LogP contribution in [0, 0.1) is 13.8 Å². The molecule has 2 aromatic carbocycles. The van der Waals surface area contributed by atoms with Crippen molar-refractivity contribution in [2.24, 2.45) is 0 Å². The lowest BCUT2D eigenvalue weighted by Gasteiger charge is -2.36. The molecule has 0 aromatic heterocycles. The number of hydrogen-bond donors (Lipinski definition) is 0. The number of anilines is 2. The number of likely N-dealkylation sites (tertiary alicyclic amines) is 1. The summed E-state index contributed by atoms with van der Waals surface area (Å²) >= 11 is 0. The maximum atomic E-state index is 13.6. The molecule has 0 spiro atoms. The molecule has 3 heteroatoms. The van der Waals surface area contributed by atoms with Gasteiger partial charge in [-0.25, -0.2) is 0 Å². The molecular formula is C23H30N2O. The number of carbonyl (C=O) groups is 1. The van der Waals surface area contributed by atoms with Crippen molar-refractivity contribution in [3.63, 3.8) is 0 Å². The van der Waals surface area contributed by atoms with Gasteiger partial charge in [-0.15, -0.1) is 0 Å². The summed E-state index contributed by atoms with van der Waals surface area (Å²) < 4.78 is 0. The first-order valence-electron chi connectivity index (χ1n) is 9.81. The third-order valence-corrected chi connectivity index (χ3v) is 5.31. The van der Waals surface area contributed by atoms with E-state index < -0.39 is 0 Å². The molecule has 0 N–H and O–H groups in total. The van der Waals surface area contributed by atoms with Gasteiger partial charge in [0.05, 0.1) is 6.04 Å². The molecule has 1 fully saturated rings. The van der Waals surface area contributed by atoms with Gasteiger partial charge in [0.25, 0.3) is 0 Å². The Hall–Kier alpha value is -2.13. The number of aryl methyl sites for hydroxylation is 2. The second-order valence-electron chi connectivity index (χ2n) is 7.37. The van der Waals surface area contributed by atoms with Crippen molar-refractivity contribution in [1.29, 1.82) is 0 Å². The minimum absolute atomic E-state index is 0.0575. The van der Waals surface area contributed by atoms with Crippen LogP contribution in [0.15, 0.2) is 48.5 Å². The average molecular weight is 351 g/mol. The van der Waals surface area contributed by atoms with E-state index in [1.165, 1.54) is 30.4 Å². The van der Waals surface area contributed by atoms with E-state index in [0.717, 1.165) is 30.9 Å². The highest BCUT2D eigenvalue weighted by Gasteiger charge is 2.31. The zero-order valence-corrected chi connectivity index (χ0v) is 16.2. The molecule has 1 aliphatic rings. The van der Waals surface area contributed by atoms with Crippen LogP contribution in [0.5, 0.6) is 0 Å². The summed E-state index contributed by atoms with van der Waals surface area (Å²) in [6.07, 6.45) is 4.51. The highest BCUT2D eigenvalue weighted by atomic mass is 16.2. The van der Waals surface area contributed by atoms with E-state index in [4.69, 9.17) is 0 Å². The molecule has 0 saturated carbocycles. The summed E-state index contributed by atoms with van der Waals surface area (Å²) in [6, 6.07) is 16.4. The standard InChI is InChI=1S/C23H30N2O/c1-4-22(24-16-6-5-7-17-24)23(26)25(20-12-8-18(2)9-13-20)21-14-10-19(3)11-15-21/h8-15,22H,4-7,16-17H2,1-3H3. The minimum Gasteiger partial charge on any atom is -0.292 e. The van der Waals surface area contributed by atoms with E-state index in [1.54, 1.807) is 0 Å². The summed E-state index contributed by atoms with van der Waals surface area (Å²) in [5.74, 6) is 0.183. The van der Waals surface area contributed by atoms with Crippen molar-refractivity contribution in [2.45, 2.75) is 52.5 Å². The molecule has 1 unspecified atom stereocenters. The van der Waals surface area contributed by atoms with Gasteiger partial charge in [-0.3, -0.25) is 14.6 Å². The Kier molecular flexibility index (Phi) is 6.10. The zero-order valence-electron chi connectivity index (χ0n) is 16.2. The van der Waals surface area contributed by atoms with Gasteiger partial charge in [-0.2, -0.15) is 0 Å². The van der Waals surface area contributed by atoms with E-state index in [0.29, 0.717) is 0 Å². The number of rotatable bonds is 5. The molecule has 3 nitrogen and oxygen atoms in total. The molecule has 1 atom stereocenters. The number of carbonyl (C=O) groups excluding carboxylic acids is 1. The van der Waals surface area contributed by atoms with Crippen molar-refractivity contribution < 1.29 is 4.79 Å². The van der Waals surface area contributed by atoms with Crippen LogP contribution in [0.2, 0.25) is 0 Å². The van der Waals surface area contributed by atoms with Gasteiger partial charge < -0.3 is 0 Å². The fourth-order valence-corrected chi connectivity index (χ4v) is 3.76. The maximum absolute atomic E-state index is 13.6. The third-order valence-electron chi connectivity index (χ3n) is 5.31. The Morgan fingerprint density at radius 2 is 1.35 bits per heavy atom. The normalized spacial score (nSPS) is 16.3. The Labute approximate surface area is 157 Å². The van der Waals surface area contributed by atoms with Crippen LogP contribution in [-0.2, 0) is 4.79 Å². The monoisotopic (exact) mass is 350 g/mol. The van der Waals surface area contributed by atoms with Crippen molar-refractivity contribution in [2.75, 3.05) is 18.0 Å². The predicted molar refractivity (Wildman–Crippen MR) is 109 cm³/mol. The lowest BCUT2D eigenvalue weighted by Crippen LogP contribution is -2.49. The molecule has 1 saturated heterocycles. The van der Waals surface area contributed by atoms with Crippen LogP contribution in [-0.4, -0.2) is 29.9 Å². The minimum atomic E-state index is -0.0575. The molecule has 1 aliphatic heterocycles. The second kappa shape index (κ2) is 8.50. The van der Waals surface area contributed by atoms with E-state index in [2.05, 4.69) is 74.2 Å². The first-order chi connectivity index (χ1) is 12.6. The number of amides is 1. The van der Waals surface area contributed by atoms with Crippen molar-refractivity contribution in [3.05, 3.63) is 59.7 Å². The first kappa shape index (κ1) is 18.7.